The van der Waals surface area contributed by atoms with E-state index >= 15 is 0 Å². The summed E-state index contributed by atoms with van der Waals surface area (Å²) in [6, 6.07) is 159. The van der Waals surface area contributed by atoms with Gasteiger partial charge in [0.25, 0.3) is 0 Å². The van der Waals surface area contributed by atoms with Crippen molar-refractivity contribution in [2.24, 2.45) is 0 Å². The normalized spacial score (nSPS) is 13.0. The first-order valence-corrected chi connectivity index (χ1v) is 39.2. The van der Waals surface area contributed by atoms with Crippen molar-refractivity contribution in [1.82, 2.24) is 0 Å². The summed E-state index contributed by atoms with van der Waals surface area (Å²) >= 11 is 0. The molecule has 2 aliphatic carbocycles. The second-order valence-electron chi connectivity index (χ2n) is 30.1. The molecule has 0 bridgehead atoms. The first-order valence-electron chi connectivity index (χ1n) is 39.2. The first kappa shape index (κ1) is 66.2. The lowest BCUT2D eigenvalue weighted by Crippen LogP contribution is -2.32. The molecule has 2 spiro atoms. The van der Waals surface area contributed by atoms with E-state index in [-0.39, 0.29) is 0 Å². The van der Waals surface area contributed by atoms with Crippen LogP contribution < -0.4 is 19.3 Å². The summed E-state index contributed by atoms with van der Waals surface area (Å²) in [6.45, 7) is 0. The van der Waals surface area contributed by atoms with E-state index in [1.807, 2.05) is 0 Å². The highest BCUT2D eigenvalue weighted by Crippen LogP contribution is 2.65. The molecule has 22 rings (SSSR count). The molecule has 2 heterocycles. The molecule has 0 atom stereocenters. The van der Waals surface area contributed by atoms with Crippen LogP contribution in [0, 0.1) is 0 Å². The Labute approximate surface area is 664 Å². The zero-order valence-electron chi connectivity index (χ0n) is 62.3. The smallest absolute Gasteiger partial charge is 0.134 e. The lowest BCUT2D eigenvalue weighted by atomic mass is 9.66. The summed E-state index contributed by atoms with van der Waals surface area (Å²) in [4.78, 5) is 4.75. The topological polar surface area (TPSA) is 24.9 Å². The predicted molar refractivity (Wildman–Crippen MR) is 469 cm³/mol. The number of fused-ring (bicyclic) bond motifs is 18. The maximum Gasteiger partial charge on any atom is 0.134 e. The molecule has 534 valence electrons. The average Bonchev–Trinajstić information content (AvgIpc) is 1.50. The standard InChI is InChI=1S/C110H72N2O2/c1-3-20-73(21-4-1)83-54-60-87(61-55-83)111(91-67-69-107-104(71-91)110(102-35-16-17-36-105(102)113-107)99-32-13-9-28-95(99)96-29-10-14-33-100(96)110)88-62-56-84(57-63-88)81-50-46-79(47-51-81)77-42-38-75(39-43-77)76-40-44-78(45-41-76)80-48-52-82(53-49-80)85-58-64-89(65-59-85)112(90-25-19-24-86(70-90)74-22-5-2-6-23-74)92-66-68-103-108(72-92)114-106-37-18-15-34-101(106)109(103)97-30-11-7-26-93(97)94-27-8-12-31-98(94)109/h1-72H. The van der Waals surface area contributed by atoms with Crippen LogP contribution in [0.1, 0.15) is 44.5 Å². The highest BCUT2D eigenvalue weighted by molar-refractivity contribution is 5.93. The Morgan fingerprint density at radius 1 is 0.140 bits per heavy atom. The third-order valence-corrected chi connectivity index (χ3v) is 24.1. The van der Waals surface area contributed by atoms with Gasteiger partial charge in [-0.3, -0.25) is 0 Å². The molecule has 2 aliphatic heterocycles. The highest BCUT2D eigenvalue weighted by atomic mass is 16.5. The number of rotatable bonds is 13. The number of para-hydroxylation sites is 2. The molecule has 4 aliphatic rings. The molecular formula is C110H72N2O2. The van der Waals surface area contributed by atoms with Gasteiger partial charge in [-0.15, -0.1) is 0 Å². The largest absolute Gasteiger partial charge is 0.457 e. The Morgan fingerprint density at radius 2 is 0.386 bits per heavy atom. The summed E-state index contributed by atoms with van der Waals surface area (Å²) in [6.07, 6.45) is 0. The number of benzene rings is 18. The molecule has 0 fully saturated rings. The minimum atomic E-state index is -0.592. The zero-order valence-corrected chi connectivity index (χ0v) is 62.3. The van der Waals surface area contributed by atoms with Gasteiger partial charge in [-0.05, 0) is 207 Å². The highest BCUT2D eigenvalue weighted by Gasteiger charge is 2.53. The Bertz CT molecular complexity index is 6640. The molecule has 4 heteroatoms. The van der Waals surface area contributed by atoms with Crippen LogP contribution in [0.4, 0.5) is 34.1 Å². The fourth-order valence-electron chi connectivity index (χ4n) is 18.8. The van der Waals surface area contributed by atoms with E-state index in [0.29, 0.717) is 0 Å². The maximum absolute atomic E-state index is 7.05. The molecule has 0 amide bonds. The van der Waals surface area contributed by atoms with Gasteiger partial charge >= 0.3 is 0 Å². The van der Waals surface area contributed by atoms with Gasteiger partial charge in [0.05, 0.1) is 10.8 Å². The molecule has 4 nitrogen and oxygen atoms in total. The van der Waals surface area contributed by atoms with Crippen LogP contribution >= 0.6 is 0 Å². The summed E-state index contributed by atoms with van der Waals surface area (Å²) in [5, 5.41) is 0. The van der Waals surface area contributed by atoms with Crippen LogP contribution in [0.5, 0.6) is 23.0 Å². The van der Waals surface area contributed by atoms with Crippen LogP contribution in [0.15, 0.2) is 437 Å². The van der Waals surface area contributed by atoms with Gasteiger partial charge in [0.15, 0.2) is 0 Å². The molecular weight excluding hydrogens is 1380 g/mol. The lowest BCUT2D eigenvalue weighted by Gasteiger charge is -2.40. The summed E-state index contributed by atoms with van der Waals surface area (Å²) in [5.41, 5.74) is 36.1. The van der Waals surface area contributed by atoms with Crippen molar-refractivity contribution < 1.29 is 9.47 Å². The Balaban J connectivity index is 0.512. The monoisotopic (exact) mass is 1450 g/mol. The van der Waals surface area contributed by atoms with Crippen LogP contribution in [-0.4, -0.2) is 0 Å². The molecule has 0 aromatic heterocycles. The van der Waals surface area contributed by atoms with Crippen LogP contribution in [0.25, 0.3) is 100 Å². The van der Waals surface area contributed by atoms with Crippen molar-refractivity contribution in [3.8, 4) is 123 Å². The van der Waals surface area contributed by atoms with Gasteiger partial charge in [-0.2, -0.15) is 0 Å². The van der Waals surface area contributed by atoms with Crippen molar-refractivity contribution in [3.63, 3.8) is 0 Å². The Hall–Kier alpha value is -14.8. The lowest BCUT2D eigenvalue weighted by molar-refractivity contribution is 0.436. The van der Waals surface area contributed by atoms with Gasteiger partial charge < -0.3 is 19.3 Å². The van der Waals surface area contributed by atoms with E-state index in [0.717, 1.165) is 107 Å². The van der Waals surface area contributed by atoms with E-state index < -0.39 is 10.8 Å². The SMILES string of the molecule is c1ccc(-c2ccc(N(c3ccc(-c4ccc(-c5ccc(-c6ccc(-c7ccc(-c8ccc(N(c9cccc(-c%10ccccc%10)c9)c9ccc%10c(c9)Oc9ccccc9C%109c%10ccccc%10-c%10ccccc%109)cc8)cc7)cc6)cc5)cc4)cc3)c3ccc4c(c3)C3(c5ccccc5O4)c4ccccc4-c4ccccc43)cc2)cc1. The van der Waals surface area contributed by atoms with E-state index in [1.165, 1.54) is 94.6 Å². The third kappa shape index (κ3) is 10.7. The van der Waals surface area contributed by atoms with Gasteiger partial charge in [-0.25, -0.2) is 0 Å². The summed E-state index contributed by atoms with van der Waals surface area (Å²) < 4.78 is 13.9. The number of hydrogen-bond donors (Lipinski definition) is 0. The van der Waals surface area contributed by atoms with E-state index in [9.17, 15) is 0 Å². The van der Waals surface area contributed by atoms with Gasteiger partial charge in [0.2, 0.25) is 0 Å². The van der Waals surface area contributed by atoms with Crippen molar-refractivity contribution in [1.29, 1.82) is 0 Å². The molecule has 18 aromatic carbocycles. The minimum absolute atomic E-state index is 0.548. The first-order chi connectivity index (χ1) is 56.5. The molecule has 0 N–H and O–H groups in total. The van der Waals surface area contributed by atoms with Gasteiger partial charge in [-0.1, -0.05) is 346 Å². The Morgan fingerprint density at radius 3 is 0.781 bits per heavy atom. The number of hydrogen-bond acceptors (Lipinski definition) is 4. The second kappa shape index (κ2) is 27.0. The summed E-state index contributed by atoms with van der Waals surface area (Å²) in [7, 11) is 0. The zero-order chi connectivity index (χ0) is 75.3. The van der Waals surface area contributed by atoms with Crippen molar-refractivity contribution in [3.05, 3.63) is 481 Å². The van der Waals surface area contributed by atoms with Gasteiger partial charge in [0.1, 0.15) is 23.0 Å². The fraction of sp³-hybridized carbons (Fsp3) is 0.0182. The van der Waals surface area contributed by atoms with Crippen molar-refractivity contribution in [2.45, 2.75) is 10.8 Å². The second-order valence-corrected chi connectivity index (χ2v) is 30.1. The molecule has 18 aromatic rings. The van der Waals surface area contributed by atoms with Crippen LogP contribution in [0.2, 0.25) is 0 Å². The van der Waals surface area contributed by atoms with E-state index in [2.05, 4.69) is 447 Å². The van der Waals surface area contributed by atoms with E-state index in [1.54, 1.807) is 0 Å². The van der Waals surface area contributed by atoms with Crippen LogP contribution in [-0.2, 0) is 10.8 Å². The van der Waals surface area contributed by atoms with E-state index in [4.69, 9.17) is 9.47 Å². The number of nitrogens with zero attached hydrogens (tertiary/aromatic N) is 2. The summed E-state index contributed by atoms with van der Waals surface area (Å²) in [5.74, 6) is 3.45. The molecule has 0 saturated carbocycles. The third-order valence-electron chi connectivity index (χ3n) is 24.1. The predicted octanol–water partition coefficient (Wildman–Crippen LogP) is 29.2. The molecule has 0 saturated heterocycles. The molecule has 0 radical (unpaired) electrons. The quantitative estimate of drug-likeness (QED) is 0.115. The van der Waals surface area contributed by atoms with Crippen molar-refractivity contribution >= 4 is 34.1 Å². The molecule has 114 heavy (non-hydrogen) atoms. The van der Waals surface area contributed by atoms with Crippen molar-refractivity contribution in [2.75, 3.05) is 9.80 Å². The average molecular weight is 1450 g/mol. The van der Waals surface area contributed by atoms with Crippen LogP contribution in [0.3, 0.4) is 0 Å². The minimum Gasteiger partial charge on any atom is -0.457 e. The molecule has 0 unspecified atom stereocenters. The van der Waals surface area contributed by atoms with Gasteiger partial charge in [0, 0.05) is 62.4 Å². The number of ether oxygens (including phenoxy) is 2. The fourth-order valence-corrected chi connectivity index (χ4v) is 18.8. The Kier molecular flexibility index (Phi) is 15.7. The maximum atomic E-state index is 7.05. The number of anilines is 6.